The highest BCUT2D eigenvalue weighted by Crippen LogP contribution is 2.17. The summed E-state index contributed by atoms with van der Waals surface area (Å²) in [6, 6.07) is 3.00. The molecule has 14 heavy (non-hydrogen) atoms. The van der Waals surface area contributed by atoms with E-state index in [0.29, 0.717) is 5.75 Å². The quantitative estimate of drug-likeness (QED) is 0.667. The molecule has 0 bridgehead atoms. The van der Waals surface area contributed by atoms with E-state index >= 15 is 0 Å². The molecule has 0 amide bonds. The summed E-state index contributed by atoms with van der Waals surface area (Å²) in [6.45, 7) is 1.95. The van der Waals surface area contributed by atoms with Gasteiger partial charge >= 0.3 is 0 Å². The van der Waals surface area contributed by atoms with E-state index < -0.39 is 5.95 Å². The fourth-order valence-corrected chi connectivity index (χ4v) is 1.64. The molecule has 0 aromatic carbocycles. The molecule has 1 saturated heterocycles. The minimum atomic E-state index is -0.492. The van der Waals surface area contributed by atoms with Gasteiger partial charge in [-0.05, 0) is 19.5 Å². The average Bonchev–Trinajstić information content (AvgIpc) is 2.51. The van der Waals surface area contributed by atoms with Crippen LogP contribution in [0.3, 0.4) is 0 Å². The van der Waals surface area contributed by atoms with Gasteiger partial charge in [-0.25, -0.2) is 4.98 Å². The molecular formula is C10H13FN2O. The van der Waals surface area contributed by atoms with Crippen LogP contribution in [0.1, 0.15) is 6.42 Å². The molecule has 1 atom stereocenters. The Morgan fingerprint density at radius 1 is 1.64 bits per heavy atom. The molecule has 1 fully saturated rings. The number of likely N-dealkylation sites (tertiary alicyclic amines) is 1. The Morgan fingerprint density at radius 3 is 3.14 bits per heavy atom. The first-order valence-electron chi connectivity index (χ1n) is 4.71. The van der Waals surface area contributed by atoms with Gasteiger partial charge in [0.2, 0.25) is 5.95 Å². The van der Waals surface area contributed by atoms with Crippen LogP contribution in [0, 0.1) is 5.95 Å². The lowest BCUT2D eigenvalue weighted by Crippen LogP contribution is -2.21. The lowest BCUT2D eigenvalue weighted by Gasteiger charge is -2.13. The second-order valence-corrected chi connectivity index (χ2v) is 3.61. The van der Waals surface area contributed by atoms with Gasteiger partial charge in [0, 0.05) is 25.4 Å². The topological polar surface area (TPSA) is 25.4 Å². The number of hydrogen-bond donors (Lipinski definition) is 0. The summed E-state index contributed by atoms with van der Waals surface area (Å²) < 4.78 is 18.3. The van der Waals surface area contributed by atoms with E-state index in [1.165, 1.54) is 12.3 Å². The maximum atomic E-state index is 12.7. The van der Waals surface area contributed by atoms with Gasteiger partial charge in [0.1, 0.15) is 11.9 Å². The zero-order valence-electron chi connectivity index (χ0n) is 8.11. The Labute approximate surface area is 82.5 Å². The molecule has 4 heteroatoms. The predicted molar refractivity (Wildman–Crippen MR) is 50.7 cm³/mol. The van der Waals surface area contributed by atoms with E-state index in [4.69, 9.17) is 4.74 Å². The summed E-state index contributed by atoms with van der Waals surface area (Å²) in [4.78, 5) is 5.67. The molecule has 1 aliphatic rings. The molecule has 0 aliphatic carbocycles. The van der Waals surface area contributed by atoms with Crippen molar-refractivity contribution in [1.82, 2.24) is 9.88 Å². The molecule has 2 rings (SSSR count). The number of pyridine rings is 1. The molecular weight excluding hydrogens is 183 g/mol. The summed E-state index contributed by atoms with van der Waals surface area (Å²) in [7, 11) is 2.05. The van der Waals surface area contributed by atoms with Gasteiger partial charge in [0.25, 0.3) is 0 Å². The molecule has 0 radical (unpaired) electrons. The molecule has 2 heterocycles. The van der Waals surface area contributed by atoms with E-state index in [1.54, 1.807) is 6.07 Å². The van der Waals surface area contributed by atoms with E-state index in [9.17, 15) is 4.39 Å². The van der Waals surface area contributed by atoms with Gasteiger partial charge in [-0.2, -0.15) is 4.39 Å². The Bertz CT molecular complexity index is 319. The first kappa shape index (κ1) is 9.40. The number of aromatic nitrogens is 1. The van der Waals surface area contributed by atoms with Crippen LogP contribution < -0.4 is 4.74 Å². The number of hydrogen-bond acceptors (Lipinski definition) is 3. The van der Waals surface area contributed by atoms with Crippen molar-refractivity contribution in [3.63, 3.8) is 0 Å². The Balaban J connectivity index is 1.97. The van der Waals surface area contributed by atoms with Crippen molar-refractivity contribution in [1.29, 1.82) is 0 Å². The zero-order chi connectivity index (χ0) is 9.97. The van der Waals surface area contributed by atoms with Crippen LogP contribution in [0.15, 0.2) is 18.3 Å². The summed E-state index contributed by atoms with van der Waals surface area (Å²) in [5, 5.41) is 0. The summed E-state index contributed by atoms with van der Waals surface area (Å²) in [5.74, 6) is 0.0756. The third-order valence-electron chi connectivity index (χ3n) is 2.35. The van der Waals surface area contributed by atoms with Crippen LogP contribution in [0.5, 0.6) is 5.75 Å². The van der Waals surface area contributed by atoms with Crippen LogP contribution in [-0.2, 0) is 0 Å². The summed E-state index contributed by atoms with van der Waals surface area (Å²) in [6.07, 6.45) is 2.60. The number of rotatable bonds is 2. The van der Waals surface area contributed by atoms with Gasteiger partial charge in [0.15, 0.2) is 0 Å². The minimum Gasteiger partial charge on any atom is -0.489 e. The van der Waals surface area contributed by atoms with Crippen molar-refractivity contribution < 1.29 is 9.13 Å². The lowest BCUT2D eigenvalue weighted by molar-refractivity contribution is 0.207. The number of halogens is 1. The molecule has 0 spiro atoms. The smallest absolute Gasteiger partial charge is 0.216 e. The largest absolute Gasteiger partial charge is 0.489 e. The number of ether oxygens (including phenoxy) is 1. The number of nitrogens with zero attached hydrogens (tertiary/aromatic N) is 2. The highest BCUT2D eigenvalue weighted by atomic mass is 19.1. The van der Waals surface area contributed by atoms with Gasteiger partial charge in [-0.3, -0.25) is 0 Å². The fourth-order valence-electron chi connectivity index (χ4n) is 1.64. The molecule has 3 nitrogen and oxygen atoms in total. The van der Waals surface area contributed by atoms with Crippen LogP contribution in [0.25, 0.3) is 0 Å². The van der Waals surface area contributed by atoms with Crippen LogP contribution in [0.2, 0.25) is 0 Å². The van der Waals surface area contributed by atoms with Crippen molar-refractivity contribution >= 4 is 0 Å². The van der Waals surface area contributed by atoms with Crippen LogP contribution in [0.4, 0.5) is 4.39 Å². The van der Waals surface area contributed by atoms with E-state index in [0.717, 1.165) is 19.5 Å². The van der Waals surface area contributed by atoms with E-state index in [-0.39, 0.29) is 6.10 Å². The molecule has 1 aromatic rings. The molecule has 0 N–H and O–H groups in total. The third-order valence-corrected chi connectivity index (χ3v) is 2.35. The van der Waals surface area contributed by atoms with Gasteiger partial charge in [-0.15, -0.1) is 0 Å². The van der Waals surface area contributed by atoms with Gasteiger partial charge in [-0.1, -0.05) is 0 Å². The Kier molecular flexibility index (Phi) is 2.63. The van der Waals surface area contributed by atoms with E-state index in [1.807, 2.05) is 0 Å². The Hall–Kier alpha value is -1.16. The van der Waals surface area contributed by atoms with Crippen molar-refractivity contribution in [2.75, 3.05) is 20.1 Å². The van der Waals surface area contributed by atoms with Crippen LogP contribution in [-0.4, -0.2) is 36.1 Å². The molecule has 76 valence electrons. The van der Waals surface area contributed by atoms with Crippen molar-refractivity contribution in [3.8, 4) is 5.75 Å². The van der Waals surface area contributed by atoms with E-state index in [2.05, 4.69) is 16.9 Å². The average molecular weight is 196 g/mol. The first-order valence-corrected chi connectivity index (χ1v) is 4.71. The minimum absolute atomic E-state index is 0.182. The molecule has 1 unspecified atom stereocenters. The van der Waals surface area contributed by atoms with Crippen molar-refractivity contribution in [2.45, 2.75) is 12.5 Å². The van der Waals surface area contributed by atoms with Crippen molar-refractivity contribution in [2.24, 2.45) is 0 Å². The molecule has 0 saturated carbocycles. The van der Waals surface area contributed by atoms with Gasteiger partial charge < -0.3 is 9.64 Å². The number of likely N-dealkylation sites (N-methyl/N-ethyl adjacent to an activating group) is 1. The van der Waals surface area contributed by atoms with Gasteiger partial charge in [0.05, 0.1) is 0 Å². The van der Waals surface area contributed by atoms with Crippen LogP contribution >= 0.6 is 0 Å². The monoisotopic (exact) mass is 196 g/mol. The first-order chi connectivity index (χ1) is 6.74. The lowest BCUT2D eigenvalue weighted by atomic mass is 10.3. The zero-order valence-corrected chi connectivity index (χ0v) is 8.11. The highest BCUT2D eigenvalue weighted by Gasteiger charge is 2.20. The maximum Gasteiger partial charge on any atom is 0.216 e. The molecule has 1 aliphatic heterocycles. The SMILES string of the molecule is CN1CCC(Oc2ccnc(F)c2)C1. The van der Waals surface area contributed by atoms with Crippen molar-refractivity contribution in [3.05, 3.63) is 24.3 Å². The normalized spacial score (nSPS) is 22.6. The maximum absolute atomic E-state index is 12.7. The summed E-state index contributed by atoms with van der Waals surface area (Å²) >= 11 is 0. The molecule has 1 aromatic heterocycles. The third kappa shape index (κ3) is 2.20. The highest BCUT2D eigenvalue weighted by molar-refractivity contribution is 5.18. The fraction of sp³-hybridized carbons (Fsp3) is 0.500. The second-order valence-electron chi connectivity index (χ2n) is 3.61. The standard InChI is InChI=1S/C10H13FN2O/c1-13-5-3-9(7-13)14-8-2-4-12-10(11)6-8/h2,4,6,9H,3,5,7H2,1H3. The Morgan fingerprint density at radius 2 is 2.50 bits per heavy atom. The predicted octanol–water partition coefficient (Wildman–Crippen LogP) is 1.30. The second kappa shape index (κ2) is 3.92. The summed E-state index contributed by atoms with van der Waals surface area (Å²) in [5.41, 5.74) is 0.